The van der Waals surface area contributed by atoms with Gasteiger partial charge in [0, 0.05) is 4.88 Å². The zero-order valence-corrected chi connectivity index (χ0v) is 18.7. The van der Waals surface area contributed by atoms with Gasteiger partial charge < -0.3 is 19.3 Å². The number of esters is 1. The summed E-state index contributed by atoms with van der Waals surface area (Å²) in [6.45, 7) is 9.59. The summed E-state index contributed by atoms with van der Waals surface area (Å²) >= 11 is 1.31. The van der Waals surface area contributed by atoms with E-state index in [4.69, 9.17) is 14.0 Å². The van der Waals surface area contributed by atoms with Gasteiger partial charge in [0.2, 0.25) is 0 Å². The van der Waals surface area contributed by atoms with E-state index in [2.05, 4.69) is 10.5 Å². The first-order valence-corrected chi connectivity index (χ1v) is 10.2. The van der Waals surface area contributed by atoms with Gasteiger partial charge in [-0.25, -0.2) is 4.79 Å². The minimum absolute atomic E-state index is 0.121. The number of amides is 1. The molecule has 8 heteroatoms. The maximum atomic E-state index is 12.9. The number of ether oxygens (including phenoxy) is 2. The summed E-state index contributed by atoms with van der Waals surface area (Å²) < 4.78 is 15.9. The second-order valence-corrected chi connectivity index (χ2v) is 8.26. The molecule has 0 atom stereocenters. The van der Waals surface area contributed by atoms with E-state index in [9.17, 15) is 9.59 Å². The number of methoxy groups -OCH3 is 1. The largest absolute Gasteiger partial charge is 0.489 e. The molecule has 0 saturated heterocycles. The zero-order chi connectivity index (χ0) is 22.0. The average Bonchev–Trinajstić information content (AvgIpc) is 3.21. The highest BCUT2D eigenvalue weighted by Gasteiger charge is 2.25. The summed E-state index contributed by atoms with van der Waals surface area (Å²) in [7, 11) is 1.31. The summed E-state index contributed by atoms with van der Waals surface area (Å²) in [4.78, 5) is 26.0. The number of nitrogens with one attached hydrogen (secondary N) is 1. The average molecular weight is 429 g/mol. The minimum Gasteiger partial charge on any atom is -0.489 e. The van der Waals surface area contributed by atoms with Crippen molar-refractivity contribution in [2.24, 2.45) is 0 Å². The van der Waals surface area contributed by atoms with Crippen molar-refractivity contribution in [1.82, 2.24) is 5.16 Å². The van der Waals surface area contributed by atoms with Gasteiger partial charge in [-0.2, -0.15) is 0 Å². The number of thiophene rings is 1. The monoisotopic (exact) mass is 428 g/mol. The number of benzene rings is 1. The first-order chi connectivity index (χ1) is 14.2. The van der Waals surface area contributed by atoms with Crippen molar-refractivity contribution in [1.29, 1.82) is 0 Å². The molecule has 0 aliphatic rings. The number of anilines is 1. The molecule has 3 aromatic rings. The lowest BCUT2D eigenvalue weighted by Crippen LogP contribution is -2.17. The Labute approximate surface area is 179 Å². The van der Waals surface area contributed by atoms with Crippen LogP contribution in [0.4, 0.5) is 5.00 Å². The zero-order valence-electron chi connectivity index (χ0n) is 17.8. The van der Waals surface area contributed by atoms with Crippen molar-refractivity contribution in [3.8, 4) is 5.75 Å². The van der Waals surface area contributed by atoms with Crippen molar-refractivity contribution in [2.75, 3.05) is 12.4 Å². The summed E-state index contributed by atoms with van der Waals surface area (Å²) in [5.41, 5.74) is 4.09. The van der Waals surface area contributed by atoms with Gasteiger partial charge in [0.25, 0.3) is 5.91 Å². The normalized spacial score (nSPS) is 10.7. The quantitative estimate of drug-likeness (QED) is 0.562. The molecule has 30 heavy (non-hydrogen) atoms. The lowest BCUT2D eigenvalue weighted by Gasteiger charge is -2.09. The van der Waals surface area contributed by atoms with Gasteiger partial charge >= 0.3 is 5.97 Å². The van der Waals surface area contributed by atoms with Crippen LogP contribution in [0.25, 0.3) is 0 Å². The number of carbonyl (C=O) groups is 2. The Hall–Kier alpha value is -3.13. The minimum atomic E-state index is -0.498. The Morgan fingerprint density at radius 2 is 1.87 bits per heavy atom. The van der Waals surface area contributed by atoms with Crippen LogP contribution >= 0.6 is 11.3 Å². The van der Waals surface area contributed by atoms with Gasteiger partial charge in [-0.3, -0.25) is 4.79 Å². The number of rotatable bonds is 6. The molecule has 2 heterocycles. The van der Waals surface area contributed by atoms with Crippen molar-refractivity contribution in [3.05, 3.63) is 62.3 Å². The van der Waals surface area contributed by atoms with Gasteiger partial charge in [0.1, 0.15) is 23.1 Å². The molecular weight excluding hydrogens is 404 g/mol. The van der Waals surface area contributed by atoms with Crippen LogP contribution < -0.4 is 10.1 Å². The highest BCUT2D eigenvalue weighted by molar-refractivity contribution is 7.16. The Balaban J connectivity index is 1.82. The topological polar surface area (TPSA) is 90.7 Å². The van der Waals surface area contributed by atoms with Gasteiger partial charge in [-0.1, -0.05) is 11.2 Å². The van der Waals surface area contributed by atoms with Gasteiger partial charge in [0.05, 0.1) is 18.2 Å². The molecule has 7 nitrogen and oxygen atoms in total. The van der Waals surface area contributed by atoms with Crippen molar-refractivity contribution in [2.45, 2.75) is 41.2 Å². The molecule has 0 bridgehead atoms. The summed E-state index contributed by atoms with van der Waals surface area (Å²) in [5.74, 6) is 0.219. The fourth-order valence-corrected chi connectivity index (χ4v) is 3.97. The summed E-state index contributed by atoms with van der Waals surface area (Å²) in [6, 6.07) is 5.80. The first kappa shape index (κ1) is 21.6. The highest BCUT2D eigenvalue weighted by Crippen LogP contribution is 2.33. The van der Waals surface area contributed by atoms with Crippen molar-refractivity contribution in [3.63, 3.8) is 0 Å². The fraction of sp³-hybridized carbons (Fsp3) is 0.318. The van der Waals surface area contributed by atoms with E-state index in [1.807, 2.05) is 45.9 Å². The standard InChI is InChI=1S/C22H24N2O5S/c1-11-7-8-16(9-12(11)2)28-10-17-14(4)29-24-19(17)20(25)23-21-18(22(26)27-6)13(3)15(5)30-21/h7-9H,10H2,1-6H3,(H,23,25). The molecule has 0 aliphatic carbocycles. The second-order valence-electron chi connectivity index (χ2n) is 7.03. The molecule has 0 unspecified atom stereocenters. The number of hydrogen-bond acceptors (Lipinski definition) is 7. The van der Waals surface area contributed by atoms with Crippen LogP contribution in [0.1, 0.15) is 53.7 Å². The molecule has 0 saturated carbocycles. The molecule has 1 amide bonds. The number of carbonyl (C=O) groups excluding carboxylic acids is 2. The predicted molar refractivity (Wildman–Crippen MR) is 115 cm³/mol. The third kappa shape index (κ3) is 4.23. The van der Waals surface area contributed by atoms with Crippen LogP contribution in [0, 0.1) is 34.6 Å². The van der Waals surface area contributed by atoms with Crippen LogP contribution in [0.3, 0.4) is 0 Å². The van der Waals surface area contributed by atoms with Crippen LogP contribution in [-0.4, -0.2) is 24.1 Å². The Bertz CT molecular complexity index is 1110. The Morgan fingerprint density at radius 3 is 2.53 bits per heavy atom. The SMILES string of the molecule is COC(=O)c1c(NC(=O)c2noc(C)c2COc2ccc(C)c(C)c2)sc(C)c1C. The lowest BCUT2D eigenvalue weighted by atomic mass is 10.1. The smallest absolute Gasteiger partial charge is 0.341 e. The van der Waals surface area contributed by atoms with Crippen molar-refractivity contribution < 1.29 is 23.6 Å². The van der Waals surface area contributed by atoms with Crippen LogP contribution in [0.2, 0.25) is 0 Å². The van der Waals surface area contributed by atoms with E-state index in [1.165, 1.54) is 24.0 Å². The molecule has 1 N–H and O–H groups in total. The van der Waals surface area contributed by atoms with Gasteiger partial charge in [-0.05, 0) is 63.4 Å². The fourth-order valence-electron chi connectivity index (χ4n) is 2.92. The lowest BCUT2D eigenvalue weighted by molar-refractivity contribution is 0.0601. The Kier molecular flexibility index (Phi) is 6.26. The molecule has 1 aromatic carbocycles. The van der Waals surface area contributed by atoms with E-state index in [-0.39, 0.29) is 12.3 Å². The first-order valence-electron chi connectivity index (χ1n) is 9.37. The molecule has 158 valence electrons. The van der Waals surface area contributed by atoms with E-state index in [0.717, 1.165) is 16.0 Å². The van der Waals surface area contributed by atoms with Crippen LogP contribution in [0.15, 0.2) is 22.7 Å². The van der Waals surface area contributed by atoms with Crippen LogP contribution in [-0.2, 0) is 11.3 Å². The summed E-state index contributed by atoms with van der Waals surface area (Å²) in [5, 5.41) is 7.09. The van der Waals surface area contributed by atoms with E-state index < -0.39 is 11.9 Å². The molecule has 0 fully saturated rings. The molecule has 0 spiro atoms. The third-order valence-electron chi connectivity index (χ3n) is 5.06. The predicted octanol–water partition coefficient (Wildman–Crippen LogP) is 4.90. The maximum Gasteiger partial charge on any atom is 0.341 e. The number of nitrogens with zero attached hydrogens (tertiary/aromatic N) is 1. The van der Waals surface area contributed by atoms with E-state index in [1.54, 1.807) is 6.92 Å². The van der Waals surface area contributed by atoms with Gasteiger partial charge in [-0.15, -0.1) is 11.3 Å². The molecule has 0 radical (unpaired) electrons. The number of aryl methyl sites for hydroxylation is 4. The summed E-state index contributed by atoms with van der Waals surface area (Å²) in [6.07, 6.45) is 0. The molecule has 0 aliphatic heterocycles. The number of hydrogen-bond donors (Lipinski definition) is 1. The molecule has 3 rings (SSSR count). The molecule has 2 aromatic heterocycles. The van der Waals surface area contributed by atoms with Crippen LogP contribution in [0.5, 0.6) is 5.75 Å². The van der Waals surface area contributed by atoms with Gasteiger partial charge in [0.15, 0.2) is 5.69 Å². The van der Waals surface area contributed by atoms with E-state index in [0.29, 0.717) is 27.6 Å². The molecular formula is C22H24N2O5S. The second kappa shape index (κ2) is 8.71. The van der Waals surface area contributed by atoms with Crippen molar-refractivity contribution >= 4 is 28.2 Å². The van der Waals surface area contributed by atoms with E-state index >= 15 is 0 Å². The highest BCUT2D eigenvalue weighted by atomic mass is 32.1. The maximum absolute atomic E-state index is 12.9. The Morgan fingerprint density at radius 1 is 1.13 bits per heavy atom. The third-order valence-corrected chi connectivity index (χ3v) is 6.19. The number of aromatic nitrogens is 1.